The molecule has 4 atom stereocenters. The number of aliphatic hydroxyl groups is 1. The molecule has 0 radical (unpaired) electrons. The highest BCUT2D eigenvalue weighted by Crippen LogP contribution is 2.34. The summed E-state index contributed by atoms with van der Waals surface area (Å²) in [4.78, 5) is 42.5. The maximum Gasteiger partial charge on any atom is 0.389 e. The van der Waals surface area contributed by atoms with Crippen LogP contribution >= 0.6 is 0 Å². The minimum absolute atomic E-state index is 0.0239. The summed E-state index contributed by atoms with van der Waals surface area (Å²) in [7, 11) is 1.44. The molecule has 0 saturated heterocycles. The van der Waals surface area contributed by atoms with Gasteiger partial charge >= 0.3 is 12.2 Å². The van der Waals surface area contributed by atoms with E-state index >= 15 is 0 Å². The number of nitrogens with zero attached hydrogens (tertiary/aromatic N) is 2. The largest absolute Gasteiger partial charge is 0.490 e. The molecule has 0 bridgehead atoms. The van der Waals surface area contributed by atoms with Crippen LogP contribution in [-0.4, -0.2) is 97.3 Å². The van der Waals surface area contributed by atoms with Crippen LogP contribution in [-0.2, 0) is 9.53 Å². The quantitative estimate of drug-likeness (QED) is 0.322. The predicted octanol–water partition coefficient (Wildman–Crippen LogP) is 5.66. The molecule has 270 valence electrons. The van der Waals surface area contributed by atoms with E-state index in [1.807, 2.05) is 13.8 Å². The summed E-state index contributed by atoms with van der Waals surface area (Å²) in [6.45, 7) is 5.58. The van der Waals surface area contributed by atoms with Crippen LogP contribution in [0, 0.1) is 5.92 Å². The Labute approximate surface area is 283 Å². The van der Waals surface area contributed by atoms with E-state index in [0.717, 1.165) is 6.42 Å². The maximum absolute atomic E-state index is 14.3. The summed E-state index contributed by atoms with van der Waals surface area (Å²) < 4.78 is 61.3. The lowest BCUT2D eigenvalue weighted by Crippen LogP contribution is -2.48. The third kappa shape index (κ3) is 10.9. The van der Waals surface area contributed by atoms with Crippen molar-refractivity contribution in [3.8, 4) is 17.2 Å². The van der Waals surface area contributed by atoms with Gasteiger partial charge in [-0.2, -0.15) is 13.2 Å². The van der Waals surface area contributed by atoms with Crippen LogP contribution < -0.4 is 24.8 Å². The van der Waals surface area contributed by atoms with Gasteiger partial charge in [-0.05, 0) is 63.4 Å². The van der Waals surface area contributed by atoms with Crippen molar-refractivity contribution >= 4 is 29.2 Å². The number of carbonyl (C=O) groups is 3. The van der Waals surface area contributed by atoms with Crippen molar-refractivity contribution in [2.45, 2.75) is 77.3 Å². The number of halogens is 3. The van der Waals surface area contributed by atoms with Crippen LogP contribution in [0.3, 0.4) is 0 Å². The minimum atomic E-state index is -4.45. The van der Waals surface area contributed by atoms with Crippen molar-refractivity contribution in [2.75, 3.05) is 50.8 Å². The Morgan fingerprint density at radius 3 is 2.41 bits per heavy atom. The van der Waals surface area contributed by atoms with Gasteiger partial charge in [-0.15, -0.1) is 0 Å². The van der Waals surface area contributed by atoms with Crippen molar-refractivity contribution in [2.24, 2.45) is 5.92 Å². The van der Waals surface area contributed by atoms with Crippen LogP contribution in [0.25, 0.3) is 0 Å². The highest BCUT2D eigenvalue weighted by molar-refractivity contribution is 6.02. The smallest absolute Gasteiger partial charge is 0.389 e. The number of anilines is 2. The van der Waals surface area contributed by atoms with Crippen molar-refractivity contribution < 1.29 is 51.6 Å². The highest BCUT2D eigenvalue weighted by atomic mass is 19.4. The number of nitrogens with one attached hydrogen (secondary N) is 2. The lowest BCUT2D eigenvalue weighted by molar-refractivity contribution is -0.149. The number of benzene rings is 2. The Morgan fingerprint density at radius 2 is 1.71 bits per heavy atom. The maximum atomic E-state index is 14.3. The second-order valence-electron chi connectivity index (χ2n) is 12.5. The number of hydrogen-bond donors (Lipinski definition) is 3. The molecule has 2 aromatic rings. The van der Waals surface area contributed by atoms with Crippen LogP contribution in [0.2, 0.25) is 0 Å². The summed E-state index contributed by atoms with van der Waals surface area (Å²) in [5.74, 6) is -0.147. The Hall–Kier alpha value is -4.24. The van der Waals surface area contributed by atoms with Gasteiger partial charge in [0.15, 0.2) is 11.5 Å². The van der Waals surface area contributed by atoms with Crippen molar-refractivity contribution in [1.82, 2.24) is 9.80 Å². The first kappa shape index (κ1) is 37.6. The minimum Gasteiger partial charge on any atom is -0.490 e. The molecular weight excluding hydrogens is 649 g/mol. The van der Waals surface area contributed by atoms with Crippen LogP contribution in [0.15, 0.2) is 36.4 Å². The number of ether oxygens (including phenoxy) is 4. The molecule has 15 heteroatoms. The lowest BCUT2D eigenvalue weighted by Gasteiger charge is -2.36. The standard InChI is InChI=1S/C34H45F3N4O8/c1-21-17-41(22(2)19-42)32(44)26-15-24(38-33(45)39-25-9-11-28-29(16-25)48-20-47-28)8-10-27(26)49-23(3)7-5-6-14-46-30(21)18-40(4)31(43)12-13-34(35,36)37/h8-11,15-16,21-23,30,42H,5-7,12-14,17-20H2,1-4H3,(H2,38,39,45)/t21-,22+,23-,30-/m1/s1. The molecule has 0 saturated carbocycles. The van der Waals surface area contributed by atoms with E-state index in [2.05, 4.69) is 10.6 Å². The highest BCUT2D eigenvalue weighted by Gasteiger charge is 2.32. The number of hydrogen-bond acceptors (Lipinski definition) is 8. The third-order valence-electron chi connectivity index (χ3n) is 8.44. The van der Waals surface area contributed by atoms with Gasteiger partial charge in [-0.3, -0.25) is 9.59 Å². The van der Waals surface area contributed by atoms with Crippen molar-refractivity contribution in [3.63, 3.8) is 0 Å². The number of urea groups is 1. The molecule has 0 spiro atoms. The van der Waals surface area contributed by atoms with E-state index in [4.69, 9.17) is 18.9 Å². The van der Waals surface area contributed by atoms with E-state index in [0.29, 0.717) is 48.1 Å². The normalized spacial score (nSPS) is 20.8. The van der Waals surface area contributed by atoms with E-state index in [1.54, 1.807) is 37.3 Å². The monoisotopic (exact) mass is 694 g/mol. The van der Waals surface area contributed by atoms with E-state index < -0.39 is 54.9 Å². The Balaban J connectivity index is 1.56. The molecule has 12 nitrogen and oxygen atoms in total. The van der Waals surface area contributed by atoms with Gasteiger partial charge in [0.05, 0.1) is 36.8 Å². The number of likely N-dealkylation sites (N-methyl/N-ethyl adjacent to an activating group) is 1. The number of fused-ring (bicyclic) bond motifs is 2. The SMILES string of the molecule is C[C@@H]1CCCCO[C@H](CN(C)C(=O)CCC(F)(F)F)[C@H](C)CN([C@@H](C)CO)C(=O)c2cc(NC(=O)Nc3ccc4c(c3)OCO4)ccc2O1. The van der Waals surface area contributed by atoms with E-state index in [9.17, 15) is 32.7 Å². The van der Waals surface area contributed by atoms with Gasteiger partial charge in [-0.25, -0.2) is 4.79 Å². The number of carbonyl (C=O) groups excluding carboxylic acids is 3. The van der Waals surface area contributed by atoms with Gasteiger partial charge in [0.25, 0.3) is 5.91 Å². The second kappa shape index (κ2) is 16.9. The first-order valence-corrected chi connectivity index (χ1v) is 16.4. The predicted molar refractivity (Wildman–Crippen MR) is 175 cm³/mol. The van der Waals surface area contributed by atoms with Crippen LogP contribution in [0.4, 0.5) is 29.3 Å². The molecule has 3 N–H and O–H groups in total. The Kier molecular flexibility index (Phi) is 13.0. The Bertz CT molecular complexity index is 1460. The molecule has 4 rings (SSSR count). The third-order valence-corrected chi connectivity index (χ3v) is 8.44. The topological polar surface area (TPSA) is 139 Å². The lowest BCUT2D eigenvalue weighted by atomic mass is 10.0. The molecule has 0 unspecified atom stereocenters. The summed E-state index contributed by atoms with van der Waals surface area (Å²) in [5, 5.41) is 15.6. The average Bonchev–Trinajstić information content (AvgIpc) is 3.52. The fourth-order valence-corrected chi connectivity index (χ4v) is 5.54. The van der Waals surface area contributed by atoms with Gasteiger partial charge in [-0.1, -0.05) is 6.92 Å². The number of alkyl halides is 3. The molecule has 2 aliphatic heterocycles. The van der Waals surface area contributed by atoms with Gasteiger partial charge in [0.1, 0.15) is 5.75 Å². The summed E-state index contributed by atoms with van der Waals surface area (Å²) in [5.41, 5.74) is 0.941. The summed E-state index contributed by atoms with van der Waals surface area (Å²) >= 11 is 0. The first-order chi connectivity index (χ1) is 23.2. The zero-order valence-electron chi connectivity index (χ0n) is 28.2. The molecule has 2 aliphatic rings. The van der Waals surface area contributed by atoms with Crippen LogP contribution in [0.1, 0.15) is 63.2 Å². The number of aliphatic hydroxyl groups excluding tert-OH is 1. The van der Waals surface area contributed by atoms with Crippen molar-refractivity contribution in [3.05, 3.63) is 42.0 Å². The van der Waals surface area contributed by atoms with E-state index in [1.165, 1.54) is 22.9 Å². The van der Waals surface area contributed by atoms with Gasteiger partial charge < -0.3 is 44.5 Å². The molecule has 0 aliphatic carbocycles. The molecule has 0 aromatic heterocycles. The molecule has 0 fully saturated rings. The zero-order chi connectivity index (χ0) is 35.7. The molecule has 49 heavy (non-hydrogen) atoms. The average molecular weight is 695 g/mol. The van der Waals surface area contributed by atoms with Gasteiger partial charge in [0, 0.05) is 56.5 Å². The fraction of sp³-hybridized carbons (Fsp3) is 0.559. The number of amides is 4. The number of rotatable bonds is 8. The molecule has 2 aromatic carbocycles. The van der Waals surface area contributed by atoms with E-state index in [-0.39, 0.29) is 38.2 Å². The fourth-order valence-electron chi connectivity index (χ4n) is 5.54. The molecular formula is C34H45F3N4O8. The zero-order valence-corrected chi connectivity index (χ0v) is 28.2. The van der Waals surface area contributed by atoms with Crippen LogP contribution in [0.5, 0.6) is 17.2 Å². The van der Waals surface area contributed by atoms with Gasteiger partial charge in [0.2, 0.25) is 12.7 Å². The first-order valence-electron chi connectivity index (χ1n) is 16.4. The van der Waals surface area contributed by atoms with Crippen molar-refractivity contribution in [1.29, 1.82) is 0 Å². The summed E-state index contributed by atoms with van der Waals surface area (Å²) in [6.07, 6.45) is -5.18. The summed E-state index contributed by atoms with van der Waals surface area (Å²) in [6, 6.07) is 8.51. The Morgan fingerprint density at radius 1 is 1.04 bits per heavy atom. The second-order valence-corrected chi connectivity index (χ2v) is 12.5. The molecule has 4 amide bonds. The molecule has 2 heterocycles.